The summed E-state index contributed by atoms with van der Waals surface area (Å²) in [5.74, 6) is 0.954. The number of rotatable bonds is 5. The van der Waals surface area contributed by atoms with Crippen LogP contribution in [0, 0.1) is 11.3 Å². The molecule has 2 fully saturated rings. The predicted octanol–water partition coefficient (Wildman–Crippen LogP) is 3.03. The number of guanidine groups is 1. The third kappa shape index (κ3) is 5.52. The van der Waals surface area contributed by atoms with E-state index in [9.17, 15) is 21.6 Å². The molecule has 0 amide bonds. The first-order valence-electron chi connectivity index (χ1n) is 10.0. The number of halogens is 3. The van der Waals surface area contributed by atoms with Crippen LogP contribution in [0.15, 0.2) is 4.99 Å². The molecule has 1 atom stereocenters. The Morgan fingerprint density at radius 2 is 1.89 bits per heavy atom. The Morgan fingerprint density at radius 3 is 2.43 bits per heavy atom. The highest BCUT2D eigenvalue weighted by molar-refractivity contribution is 7.90. The van der Waals surface area contributed by atoms with Gasteiger partial charge in [-0.3, -0.25) is 4.99 Å². The molecule has 2 aliphatic heterocycles. The lowest BCUT2D eigenvalue weighted by atomic mass is 9.78. The highest BCUT2D eigenvalue weighted by atomic mass is 32.2. The van der Waals surface area contributed by atoms with Crippen molar-refractivity contribution in [2.75, 3.05) is 39.8 Å². The standard InChI is InChI=1S/C18H33F3N4O2S/c1-4-8-17(2)9-5-10-24(14-17)16(22-3)23-13-15-6-11-25(12-7-15)28(26,27)18(19,20)21/h15H,4-14H2,1-3H3,(H,22,23). The number of alkyl halides is 3. The molecule has 0 saturated carbocycles. The molecule has 6 nitrogen and oxygen atoms in total. The summed E-state index contributed by atoms with van der Waals surface area (Å²) < 4.78 is 61.6. The number of nitrogens with zero attached hydrogens (tertiary/aromatic N) is 3. The summed E-state index contributed by atoms with van der Waals surface area (Å²) >= 11 is 0. The van der Waals surface area contributed by atoms with E-state index in [2.05, 4.69) is 29.1 Å². The molecule has 10 heteroatoms. The van der Waals surface area contributed by atoms with E-state index < -0.39 is 15.5 Å². The Balaban J connectivity index is 1.85. The van der Waals surface area contributed by atoms with Gasteiger partial charge >= 0.3 is 15.5 Å². The van der Waals surface area contributed by atoms with E-state index >= 15 is 0 Å². The smallest absolute Gasteiger partial charge is 0.356 e. The fourth-order valence-corrected chi connectivity index (χ4v) is 5.36. The van der Waals surface area contributed by atoms with Gasteiger partial charge in [-0.25, -0.2) is 8.42 Å². The number of sulfonamides is 1. The first-order valence-corrected chi connectivity index (χ1v) is 11.5. The summed E-state index contributed by atoms with van der Waals surface area (Å²) in [4.78, 5) is 6.65. The molecule has 0 aromatic heterocycles. The second kappa shape index (κ2) is 9.19. The van der Waals surface area contributed by atoms with Crippen molar-refractivity contribution in [3.8, 4) is 0 Å². The Hall–Kier alpha value is -1.03. The molecule has 1 unspecified atom stereocenters. The molecular weight excluding hydrogens is 393 g/mol. The number of hydrogen-bond acceptors (Lipinski definition) is 3. The normalized spacial score (nSPS) is 26.5. The van der Waals surface area contributed by atoms with Gasteiger partial charge in [-0.05, 0) is 43.4 Å². The van der Waals surface area contributed by atoms with Crippen LogP contribution < -0.4 is 5.32 Å². The number of aliphatic imine (C=N–C) groups is 1. The van der Waals surface area contributed by atoms with Crippen LogP contribution in [0.4, 0.5) is 13.2 Å². The molecule has 0 radical (unpaired) electrons. The van der Waals surface area contributed by atoms with Crippen molar-refractivity contribution in [1.82, 2.24) is 14.5 Å². The van der Waals surface area contributed by atoms with Crippen molar-refractivity contribution in [1.29, 1.82) is 0 Å². The fourth-order valence-electron chi connectivity index (χ4n) is 4.37. The van der Waals surface area contributed by atoms with Gasteiger partial charge in [0.2, 0.25) is 0 Å². The van der Waals surface area contributed by atoms with Gasteiger partial charge in [0.25, 0.3) is 0 Å². The minimum absolute atomic E-state index is 0.0922. The molecule has 0 aromatic rings. The van der Waals surface area contributed by atoms with Gasteiger partial charge in [0.05, 0.1) is 0 Å². The molecule has 0 bridgehead atoms. The SMILES string of the molecule is CCCC1(C)CCCN(C(=NC)NCC2CCN(S(=O)(=O)C(F)(F)F)CC2)C1. The number of nitrogens with one attached hydrogen (secondary N) is 1. The van der Waals surface area contributed by atoms with Crippen LogP contribution in [0.1, 0.15) is 52.4 Å². The third-order valence-corrected chi connectivity index (χ3v) is 7.53. The van der Waals surface area contributed by atoms with Crippen molar-refractivity contribution in [2.45, 2.75) is 57.9 Å². The van der Waals surface area contributed by atoms with Gasteiger partial charge in [-0.2, -0.15) is 17.5 Å². The number of likely N-dealkylation sites (tertiary alicyclic amines) is 1. The Morgan fingerprint density at radius 1 is 1.25 bits per heavy atom. The maximum absolute atomic E-state index is 12.7. The second-order valence-electron chi connectivity index (χ2n) is 8.31. The molecule has 1 N–H and O–H groups in total. The molecule has 0 spiro atoms. The first-order chi connectivity index (χ1) is 13.0. The Kier molecular flexibility index (Phi) is 7.63. The minimum Gasteiger partial charge on any atom is -0.356 e. The second-order valence-corrected chi connectivity index (χ2v) is 10.2. The van der Waals surface area contributed by atoms with E-state index in [1.165, 1.54) is 12.8 Å². The van der Waals surface area contributed by atoms with Crippen LogP contribution in [-0.2, 0) is 10.0 Å². The van der Waals surface area contributed by atoms with Crippen molar-refractivity contribution in [3.05, 3.63) is 0 Å². The van der Waals surface area contributed by atoms with Gasteiger partial charge < -0.3 is 10.2 Å². The largest absolute Gasteiger partial charge is 0.511 e. The van der Waals surface area contributed by atoms with E-state index in [1.54, 1.807) is 7.05 Å². The van der Waals surface area contributed by atoms with Crippen LogP contribution in [0.3, 0.4) is 0 Å². The fraction of sp³-hybridized carbons (Fsp3) is 0.944. The Bertz CT molecular complexity index is 642. The summed E-state index contributed by atoms with van der Waals surface area (Å²) in [6.45, 7) is 6.81. The molecule has 28 heavy (non-hydrogen) atoms. The van der Waals surface area contributed by atoms with E-state index in [1.807, 2.05) is 0 Å². The van der Waals surface area contributed by atoms with Gasteiger partial charge in [0, 0.05) is 39.8 Å². The average Bonchev–Trinajstić information content (AvgIpc) is 2.62. The summed E-state index contributed by atoms with van der Waals surface area (Å²) in [6.07, 6.45) is 5.47. The lowest BCUT2D eigenvalue weighted by Gasteiger charge is -2.42. The van der Waals surface area contributed by atoms with Crippen molar-refractivity contribution < 1.29 is 21.6 Å². The molecule has 0 aliphatic carbocycles. The van der Waals surface area contributed by atoms with Crippen LogP contribution in [-0.4, -0.2) is 68.9 Å². The minimum atomic E-state index is -5.22. The van der Waals surface area contributed by atoms with Crippen molar-refractivity contribution in [3.63, 3.8) is 0 Å². The molecular formula is C18H33F3N4O2S. The maximum Gasteiger partial charge on any atom is 0.511 e. The molecule has 164 valence electrons. The van der Waals surface area contributed by atoms with Gasteiger partial charge in [0.15, 0.2) is 5.96 Å². The lowest BCUT2D eigenvalue weighted by molar-refractivity contribution is -0.0496. The summed E-state index contributed by atoms with van der Waals surface area (Å²) in [6, 6.07) is 0. The zero-order valence-corrected chi connectivity index (χ0v) is 17.9. The van der Waals surface area contributed by atoms with Gasteiger partial charge in [-0.15, -0.1) is 0 Å². The van der Waals surface area contributed by atoms with E-state index in [-0.39, 0.29) is 24.4 Å². The average molecular weight is 427 g/mol. The monoisotopic (exact) mass is 426 g/mol. The molecule has 2 saturated heterocycles. The first kappa shape index (κ1) is 23.3. The zero-order valence-electron chi connectivity index (χ0n) is 17.1. The summed E-state index contributed by atoms with van der Waals surface area (Å²) in [7, 11) is -3.47. The predicted molar refractivity (Wildman–Crippen MR) is 104 cm³/mol. The summed E-state index contributed by atoms with van der Waals surface area (Å²) in [5.41, 5.74) is -4.94. The zero-order chi connectivity index (χ0) is 21.0. The van der Waals surface area contributed by atoms with Crippen LogP contribution in [0.5, 0.6) is 0 Å². The summed E-state index contributed by atoms with van der Waals surface area (Å²) in [5, 5.41) is 3.36. The number of hydrogen-bond donors (Lipinski definition) is 1. The quantitative estimate of drug-likeness (QED) is 0.542. The van der Waals surface area contributed by atoms with Crippen LogP contribution >= 0.6 is 0 Å². The highest BCUT2D eigenvalue weighted by Crippen LogP contribution is 2.34. The molecule has 2 heterocycles. The van der Waals surface area contributed by atoms with Crippen molar-refractivity contribution >= 4 is 16.0 Å². The van der Waals surface area contributed by atoms with Crippen LogP contribution in [0.25, 0.3) is 0 Å². The molecule has 0 aromatic carbocycles. The molecule has 2 aliphatic rings. The van der Waals surface area contributed by atoms with E-state index in [0.717, 1.165) is 31.9 Å². The maximum atomic E-state index is 12.7. The molecule has 2 rings (SSSR count). The van der Waals surface area contributed by atoms with E-state index in [4.69, 9.17) is 0 Å². The van der Waals surface area contributed by atoms with Crippen LogP contribution in [0.2, 0.25) is 0 Å². The lowest BCUT2D eigenvalue weighted by Crippen LogP contribution is -2.51. The third-order valence-electron chi connectivity index (χ3n) is 5.90. The van der Waals surface area contributed by atoms with Gasteiger partial charge in [0.1, 0.15) is 0 Å². The number of piperidine rings is 2. The van der Waals surface area contributed by atoms with E-state index in [0.29, 0.717) is 23.7 Å². The van der Waals surface area contributed by atoms with Gasteiger partial charge in [-0.1, -0.05) is 20.3 Å². The Labute approximate surface area is 166 Å². The topological polar surface area (TPSA) is 65.0 Å². The highest BCUT2D eigenvalue weighted by Gasteiger charge is 2.50. The van der Waals surface area contributed by atoms with Crippen molar-refractivity contribution in [2.24, 2.45) is 16.3 Å².